The number of fused-ring (bicyclic) bond motifs is 1. The first-order valence-corrected chi connectivity index (χ1v) is 9.15. The molecule has 0 aliphatic heterocycles. The van der Waals surface area contributed by atoms with Gasteiger partial charge in [0.25, 0.3) is 0 Å². The van der Waals surface area contributed by atoms with Gasteiger partial charge in [-0.15, -0.1) is 0 Å². The lowest BCUT2D eigenvalue weighted by atomic mass is 10.0. The van der Waals surface area contributed by atoms with Crippen LogP contribution in [-0.2, 0) is 5.04 Å². The van der Waals surface area contributed by atoms with Crippen molar-refractivity contribution in [1.82, 2.24) is 0 Å². The van der Waals surface area contributed by atoms with E-state index in [0.717, 1.165) is 0 Å². The molecule has 1 aromatic rings. The highest BCUT2D eigenvalue weighted by Crippen LogP contribution is 2.45. The van der Waals surface area contributed by atoms with Crippen LogP contribution < -0.4 is 0 Å². The summed E-state index contributed by atoms with van der Waals surface area (Å²) in [7, 11) is -1.22. The monoisotopic (exact) mass is 216 g/mol. The van der Waals surface area contributed by atoms with E-state index in [1.807, 2.05) is 0 Å². The summed E-state index contributed by atoms with van der Waals surface area (Å²) in [6.07, 6.45) is 2.49. The van der Waals surface area contributed by atoms with Gasteiger partial charge in [0.15, 0.2) is 0 Å². The first kappa shape index (κ1) is 10.7. The van der Waals surface area contributed by atoms with Gasteiger partial charge in [0, 0.05) is 5.04 Å². The molecule has 0 heterocycles. The van der Waals surface area contributed by atoms with E-state index in [4.69, 9.17) is 0 Å². The summed E-state index contributed by atoms with van der Waals surface area (Å²) in [6.45, 7) is 12.0. The number of benzene rings is 1. The van der Waals surface area contributed by atoms with Gasteiger partial charge >= 0.3 is 0 Å². The smallest absolute Gasteiger partial charge is 0.0601 e. The van der Waals surface area contributed by atoms with Crippen LogP contribution in [0.4, 0.5) is 0 Å². The summed E-state index contributed by atoms with van der Waals surface area (Å²) in [4.78, 5) is 0. The quantitative estimate of drug-likeness (QED) is 0.616. The van der Waals surface area contributed by atoms with Crippen LogP contribution >= 0.6 is 0 Å². The Morgan fingerprint density at radius 3 is 2.27 bits per heavy atom. The zero-order valence-corrected chi connectivity index (χ0v) is 11.4. The maximum absolute atomic E-state index is 2.49. The maximum Gasteiger partial charge on any atom is 0.0601 e. The van der Waals surface area contributed by atoms with Crippen molar-refractivity contribution < 1.29 is 0 Å². The molecule has 2 rings (SSSR count). The minimum absolute atomic E-state index is 0.313. The molecule has 1 aliphatic carbocycles. The molecule has 1 atom stereocenters. The van der Waals surface area contributed by atoms with Crippen molar-refractivity contribution in [3.8, 4) is 0 Å². The molecule has 0 bridgehead atoms. The Balaban J connectivity index is 2.66. The van der Waals surface area contributed by atoms with Crippen molar-refractivity contribution >= 4 is 13.6 Å². The second kappa shape index (κ2) is 3.08. The largest absolute Gasteiger partial charge is 0.0734 e. The summed E-state index contributed by atoms with van der Waals surface area (Å²) >= 11 is 0. The fourth-order valence-electron chi connectivity index (χ4n) is 2.49. The molecule has 1 aromatic carbocycles. The lowest BCUT2D eigenvalue weighted by Crippen LogP contribution is -2.44. The van der Waals surface area contributed by atoms with Crippen molar-refractivity contribution in [2.24, 2.45) is 0 Å². The van der Waals surface area contributed by atoms with E-state index in [9.17, 15) is 0 Å². The first-order chi connectivity index (χ1) is 6.86. The number of hydrogen-bond donors (Lipinski definition) is 0. The van der Waals surface area contributed by atoms with Gasteiger partial charge in [0.1, 0.15) is 0 Å². The Morgan fingerprint density at radius 1 is 1.07 bits per heavy atom. The average molecular weight is 216 g/mol. The van der Waals surface area contributed by atoms with E-state index in [1.54, 1.807) is 5.56 Å². The van der Waals surface area contributed by atoms with Crippen molar-refractivity contribution in [2.45, 2.75) is 38.5 Å². The third-order valence-corrected chi connectivity index (χ3v) is 7.50. The van der Waals surface area contributed by atoms with Gasteiger partial charge in [0.2, 0.25) is 0 Å². The maximum atomic E-state index is 2.49. The fraction of sp³-hybridized carbons (Fsp3) is 0.429. The molecule has 0 unspecified atom stereocenters. The van der Waals surface area contributed by atoms with Gasteiger partial charge in [-0.25, -0.2) is 0 Å². The van der Waals surface area contributed by atoms with Crippen LogP contribution in [0, 0.1) is 0 Å². The number of rotatable bonds is 1. The van der Waals surface area contributed by atoms with Gasteiger partial charge < -0.3 is 0 Å². The molecule has 15 heavy (non-hydrogen) atoms. The van der Waals surface area contributed by atoms with Crippen LogP contribution in [0.1, 0.15) is 25.0 Å². The molecule has 0 fully saturated rings. The Hall–Kier alpha value is -0.823. The third-order valence-electron chi connectivity index (χ3n) is 3.97. The second-order valence-electron chi connectivity index (χ2n) is 5.83. The molecule has 0 nitrogen and oxygen atoms in total. The van der Waals surface area contributed by atoms with E-state index < -0.39 is 8.07 Å². The van der Waals surface area contributed by atoms with Crippen LogP contribution in [0.25, 0.3) is 5.57 Å². The van der Waals surface area contributed by atoms with E-state index in [-0.39, 0.29) is 0 Å². The summed E-state index contributed by atoms with van der Waals surface area (Å²) in [5, 5.41) is 0.313. The van der Waals surface area contributed by atoms with Crippen molar-refractivity contribution in [1.29, 1.82) is 0 Å². The molecule has 0 saturated carbocycles. The van der Waals surface area contributed by atoms with Gasteiger partial charge in [-0.1, -0.05) is 56.9 Å². The molecule has 80 valence electrons. The molecular weight excluding hydrogens is 196 g/mol. The van der Waals surface area contributed by atoms with Crippen molar-refractivity contribution in [3.05, 3.63) is 41.5 Å². The molecule has 1 aliphatic rings. The number of hydrogen-bond acceptors (Lipinski definition) is 0. The predicted octanol–water partition coefficient (Wildman–Crippen LogP) is 4.24. The van der Waals surface area contributed by atoms with E-state index in [0.29, 0.717) is 5.04 Å². The van der Waals surface area contributed by atoms with Gasteiger partial charge in [-0.3, -0.25) is 0 Å². The highest BCUT2D eigenvalue weighted by Gasteiger charge is 2.43. The zero-order valence-electron chi connectivity index (χ0n) is 10.4. The molecule has 0 aromatic heterocycles. The predicted molar refractivity (Wildman–Crippen MR) is 70.8 cm³/mol. The Bertz CT molecular complexity index is 423. The molecular formula is C14H20Si. The molecule has 0 saturated heterocycles. The second-order valence-corrected chi connectivity index (χ2v) is 11.4. The van der Waals surface area contributed by atoms with Crippen molar-refractivity contribution in [2.75, 3.05) is 0 Å². The minimum Gasteiger partial charge on any atom is -0.0734 e. The van der Waals surface area contributed by atoms with Crippen LogP contribution in [0.15, 0.2) is 30.3 Å². The lowest BCUT2D eigenvalue weighted by Gasteiger charge is -2.36. The average Bonchev–Trinajstić information content (AvgIpc) is 2.41. The highest BCUT2D eigenvalue weighted by molar-refractivity contribution is 6.79. The Kier molecular flexibility index (Phi) is 2.20. The van der Waals surface area contributed by atoms with Gasteiger partial charge in [0.05, 0.1) is 8.07 Å². The highest BCUT2D eigenvalue weighted by atomic mass is 28.3. The summed E-state index contributed by atoms with van der Waals surface area (Å²) in [5.74, 6) is 0. The first-order valence-electron chi connectivity index (χ1n) is 5.65. The van der Waals surface area contributed by atoms with Crippen LogP contribution in [-0.4, -0.2) is 8.07 Å². The summed E-state index contributed by atoms with van der Waals surface area (Å²) in [5.41, 5.74) is 4.46. The zero-order chi connectivity index (χ0) is 11.3. The van der Waals surface area contributed by atoms with E-state index >= 15 is 0 Å². The Labute approximate surface area is 94.0 Å². The SMILES string of the molecule is CC1=C[C@@](C)([Si](C)(C)C)c2ccccc21. The van der Waals surface area contributed by atoms with Crippen LogP contribution in [0.3, 0.4) is 0 Å². The van der Waals surface area contributed by atoms with Crippen molar-refractivity contribution in [3.63, 3.8) is 0 Å². The van der Waals surface area contributed by atoms with Crippen LogP contribution in [0.5, 0.6) is 0 Å². The normalized spacial score (nSPS) is 25.0. The lowest BCUT2D eigenvalue weighted by molar-refractivity contribution is 0.827. The third kappa shape index (κ3) is 1.41. The fourth-order valence-corrected chi connectivity index (χ4v) is 4.16. The van der Waals surface area contributed by atoms with Crippen LogP contribution in [0.2, 0.25) is 19.6 Å². The Morgan fingerprint density at radius 2 is 1.67 bits per heavy atom. The molecule has 0 radical (unpaired) electrons. The van der Waals surface area contributed by atoms with Gasteiger partial charge in [-0.05, 0) is 23.6 Å². The topological polar surface area (TPSA) is 0 Å². The molecule has 0 spiro atoms. The minimum atomic E-state index is -1.22. The van der Waals surface area contributed by atoms with E-state index in [1.165, 1.54) is 11.1 Å². The standard InChI is InChI=1S/C14H20Si/c1-11-10-14(2,15(3,4)5)13-9-7-6-8-12(11)13/h6-10H,1-5H3/t14-/m1/s1. The molecule has 1 heteroatoms. The summed E-state index contributed by atoms with van der Waals surface area (Å²) < 4.78 is 0. The molecule has 0 N–H and O–H groups in total. The van der Waals surface area contributed by atoms with Gasteiger partial charge in [-0.2, -0.15) is 0 Å². The molecule has 0 amide bonds. The summed E-state index contributed by atoms with van der Waals surface area (Å²) in [6, 6.07) is 8.88. The van der Waals surface area contributed by atoms with E-state index in [2.05, 4.69) is 63.8 Å². The number of allylic oxidation sites excluding steroid dienone is 2.